The largest absolute Gasteiger partial charge is 0.352 e. The molecular weight excluding hydrogens is 290 g/mol. The Balaban J connectivity index is 1.73. The molecule has 7 heteroatoms. The first-order chi connectivity index (χ1) is 10.1. The minimum Gasteiger partial charge on any atom is -0.352 e. The van der Waals surface area contributed by atoms with Crippen molar-refractivity contribution >= 4 is 15.9 Å². The number of fused-ring (bicyclic) bond motifs is 1. The van der Waals surface area contributed by atoms with E-state index in [4.69, 9.17) is 0 Å². The first-order valence-corrected chi connectivity index (χ1v) is 8.65. The maximum absolute atomic E-state index is 12.4. The molecule has 1 heterocycles. The van der Waals surface area contributed by atoms with Crippen molar-refractivity contribution < 1.29 is 13.2 Å². The van der Waals surface area contributed by atoms with Gasteiger partial charge in [-0.15, -0.1) is 0 Å². The van der Waals surface area contributed by atoms with Gasteiger partial charge in [-0.25, -0.2) is 13.1 Å². The van der Waals surface area contributed by atoms with Crippen LogP contribution >= 0.6 is 0 Å². The van der Waals surface area contributed by atoms with Crippen LogP contribution < -0.4 is 15.4 Å². The highest BCUT2D eigenvalue weighted by atomic mass is 32.2. The normalized spacial score (nSPS) is 18.1. The van der Waals surface area contributed by atoms with Gasteiger partial charge in [0.2, 0.25) is 15.9 Å². The Morgan fingerprint density at radius 3 is 2.90 bits per heavy atom. The van der Waals surface area contributed by atoms with Crippen molar-refractivity contribution in [2.45, 2.75) is 36.7 Å². The molecule has 1 saturated carbocycles. The molecule has 0 bridgehead atoms. The van der Waals surface area contributed by atoms with Gasteiger partial charge in [0.1, 0.15) is 0 Å². The second kappa shape index (κ2) is 5.75. The summed E-state index contributed by atoms with van der Waals surface area (Å²) in [6.45, 7) is 1.24. The lowest BCUT2D eigenvalue weighted by atomic mass is 10.0. The molecule has 0 atom stereocenters. The number of rotatable bonds is 5. The number of hydrogen-bond acceptors (Lipinski definition) is 4. The third-order valence-electron chi connectivity index (χ3n) is 3.75. The van der Waals surface area contributed by atoms with Crippen molar-refractivity contribution in [3.05, 3.63) is 29.3 Å². The minimum atomic E-state index is -3.65. The summed E-state index contributed by atoms with van der Waals surface area (Å²) in [6.07, 6.45) is 2.65. The summed E-state index contributed by atoms with van der Waals surface area (Å²) in [7, 11) is -3.65. The highest BCUT2D eigenvalue weighted by Crippen LogP contribution is 2.22. The average Bonchev–Trinajstić information content (AvgIpc) is 3.28. The Labute approximate surface area is 124 Å². The molecule has 114 valence electrons. The molecule has 3 N–H and O–H groups in total. The zero-order valence-electron chi connectivity index (χ0n) is 11.7. The predicted octanol–water partition coefficient (Wildman–Crippen LogP) is -0.111. The monoisotopic (exact) mass is 309 g/mol. The van der Waals surface area contributed by atoms with Crippen molar-refractivity contribution in [2.75, 3.05) is 13.1 Å². The number of hydrogen-bond donors (Lipinski definition) is 3. The fourth-order valence-corrected chi connectivity index (χ4v) is 3.79. The van der Waals surface area contributed by atoms with Gasteiger partial charge in [-0.3, -0.25) is 4.79 Å². The number of benzene rings is 1. The lowest BCUT2D eigenvalue weighted by Gasteiger charge is -2.20. The Kier molecular flexibility index (Phi) is 3.97. The first kappa shape index (κ1) is 14.5. The smallest absolute Gasteiger partial charge is 0.241 e. The van der Waals surface area contributed by atoms with Crippen molar-refractivity contribution in [2.24, 2.45) is 0 Å². The lowest BCUT2D eigenvalue weighted by Crippen LogP contribution is -2.38. The third kappa shape index (κ3) is 3.42. The molecule has 0 aromatic heterocycles. The van der Waals surface area contributed by atoms with Gasteiger partial charge in [0, 0.05) is 12.6 Å². The van der Waals surface area contributed by atoms with Crippen LogP contribution in [0.2, 0.25) is 0 Å². The molecule has 1 amide bonds. The van der Waals surface area contributed by atoms with E-state index in [0.29, 0.717) is 17.9 Å². The second-order valence-corrected chi connectivity index (χ2v) is 7.22. The van der Waals surface area contributed by atoms with E-state index < -0.39 is 10.0 Å². The van der Waals surface area contributed by atoms with Gasteiger partial charge in [-0.05, 0) is 43.0 Å². The van der Waals surface area contributed by atoms with Crippen LogP contribution in [-0.2, 0) is 27.8 Å². The Bertz CT molecular complexity index is 653. The van der Waals surface area contributed by atoms with Crippen molar-refractivity contribution in [1.82, 2.24) is 15.4 Å². The van der Waals surface area contributed by atoms with Gasteiger partial charge >= 0.3 is 0 Å². The van der Waals surface area contributed by atoms with Crippen LogP contribution in [0.4, 0.5) is 0 Å². The van der Waals surface area contributed by atoms with Crippen LogP contribution in [0.5, 0.6) is 0 Å². The number of carbonyl (C=O) groups is 1. The molecule has 1 fully saturated rings. The topological polar surface area (TPSA) is 87.3 Å². The van der Waals surface area contributed by atoms with E-state index in [-0.39, 0.29) is 18.5 Å². The molecule has 3 rings (SSSR count). The minimum absolute atomic E-state index is 0.208. The molecule has 1 aliphatic heterocycles. The lowest BCUT2D eigenvalue weighted by molar-refractivity contribution is -0.120. The fourth-order valence-electron chi connectivity index (χ4n) is 2.49. The average molecular weight is 309 g/mol. The van der Waals surface area contributed by atoms with Crippen LogP contribution in [-0.4, -0.2) is 33.5 Å². The molecule has 6 nitrogen and oxygen atoms in total. The molecule has 0 spiro atoms. The summed E-state index contributed by atoms with van der Waals surface area (Å²) in [6, 6.07) is 5.51. The van der Waals surface area contributed by atoms with Gasteiger partial charge < -0.3 is 10.6 Å². The van der Waals surface area contributed by atoms with Crippen molar-refractivity contribution in [1.29, 1.82) is 0 Å². The number of amides is 1. The zero-order valence-corrected chi connectivity index (χ0v) is 12.5. The van der Waals surface area contributed by atoms with Crippen molar-refractivity contribution in [3.8, 4) is 0 Å². The molecule has 2 aliphatic rings. The SMILES string of the molecule is O=C(CNS(=O)(=O)c1cccc2c1CCNC2)NC1CC1. The molecule has 1 aromatic carbocycles. The summed E-state index contributed by atoms with van der Waals surface area (Å²) in [4.78, 5) is 11.9. The standard InChI is InChI=1S/C14H19N3O3S/c18-14(17-11-4-5-11)9-16-21(19,20)13-3-1-2-10-8-15-7-6-12(10)13/h1-3,11,15-16H,4-9H2,(H,17,18). The van der Waals surface area contributed by atoms with E-state index >= 15 is 0 Å². The maximum atomic E-state index is 12.4. The summed E-state index contributed by atoms with van der Waals surface area (Å²) in [5.41, 5.74) is 1.86. The molecule has 0 saturated heterocycles. The van der Waals surface area contributed by atoms with E-state index in [9.17, 15) is 13.2 Å². The molecule has 0 radical (unpaired) electrons. The predicted molar refractivity (Wildman–Crippen MR) is 78.2 cm³/mol. The summed E-state index contributed by atoms with van der Waals surface area (Å²) in [5.74, 6) is -0.271. The molecule has 1 aliphatic carbocycles. The third-order valence-corrected chi connectivity index (χ3v) is 5.24. The molecule has 1 aromatic rings. The fraction of sp³-hybridized carbons (Fsp3) is 0.500. The Morgan fingerprint density at radius 2 is 2.14 bits per heavy atom. The van der Waals surface area contributed by atoms with E-state index in [1.54, 1.807) is 12.1 Å². The Morgan fingerprint density at radius 1 is 1.33 bits per heavy atom. The van der Waals surface area contributed by atoms with E-state index in [1.165, 1.54) is 0 Å². The summed E-state index contributed by atoms with van der Waals surface area (Å²) < 4.78 is 27.2. The highest BCUT2D eigenvalue weighted by molar-refractivity contribution is 7.89. The summed E-state index contributed by atoms with van der Waals surface area (Å²) in [5, 5.41) is 5.98. The van der Waals surface area contributed by atoms with Crippen LogP contribution in [0, 0.1) is 0 Å². The molecular formula is C14H19N3O3S. The van der Waals surface area contributed by atoms with Gasteiger partial charge in [0.25, 0.3) is 0 Å². The number of nitrogens with one attached hydrogen (secondary N) is 3. The van der Waals surface area contributed by atoms with E-state index in [2.05, 4.69) is 15.4 Å². The molecule has 21 heavy (non-hydrogen) atoms. The Hall–Kier alpha value is -1.44. The number of sulfonamides is 1. The van der Waals surface area contributed by atoms with Gasteiger partial charge in [0.05, 0.1) is 11.4 Å². The van der Waals surface area contributed by atoms with Crippen LogP contribution in [0.1, 0.15) is 24.0 Å². The quantitative estimate of drug-likeness (QED) is 0.708. The second-order valence-electron chi connectivity index (χ2n) is 5.49. The van der Waals surface area contributed by atoms with Gasteiger partial charge in [0.15, 0.2) is 0 Å². The van der Waals surface area contributed by atoms with Crippen molar-refractivity contribution in [3.63, 3.8) is 0 Å². The summed E-state index contributed by atoms with van der Waals surface area (Å²) >= 11 is 0. The van der Waals surface area contributed by atoms with Gasteiger partial charge in [-0.1, -0.05) is 12.1 Å². The van der Waals surface area contributed by atoms with Crippen LogP contribution in [0.25, 0.3) is 0 Å². The van der Waals surface area contributed by atoms with Crippen LogP contribution in [0.15, 0.2) is 23.1 Å². The molecule has 0 unspecified atom stereocenters. The zero-order chi connectivity index (χ0) is 14.9. The van der Waals surface area contributed by atoms with E-state index in [0.717, 1.165) is 30.5 Å². The first-order valence-electron chi connectivity index (χ1n) is 7.17. The van der Waals surface area contributed by atoms with E-state index in [1.807, 2.05) is 6.07 Å². The van der Waals surface area contributed by atoms with Gasteiger partial charge in [-0.2, -0.15) is 0 Å². The van der Waals surface area contributed by atoms with Crippen LogP contribution in [0.3, 0.4) is 0 Å². The maximum Gasteiger partial charge on any atom is 0.241 e. The number of carbonyl (C=O) groups excluding carboxylic acids is 1. The highest BCUT2D eigenvalue weighted by Gasteiger charge is 2.25.